The number of aromatic nitrogens is 2. The van der Waals surface area contributed by atoms with Gasteiger partial charge in [0, 0.05) is 17.0 Å². The summed E-state index contributed by atoms with van der Waals surface area (Å²) < 4.78 is 12.5. The van der Waals surface area contributed by atoms with Gasteiger partial charge < -0.3 is 14.8 Å². The number of carbonyl (C=O) groups excluding carboxylic acids is 1. The van der Waals surface area contributed by atoms with Crippen LogP contribution in [0.15, 0.2) is 53.5 Å². The molecule has 3 rings (SSSR count). The van der Waals surface area contributed by atoms with Gasteiger partial charge in [0.15, 0.2) is 0 Å². The molecule has 0 aliphatic carbocycles. The number of thiophene rings is 1. The first-order valence-corrected chi connectivity index (χ1v) is 8.76. The Morgan fingerprint density at radius 3 is 2.92 bits per heavy atom. The van der Waals surface area contributed by atoms with Gasteiger partial charge in [-0.3, -0.25) is 9.48 Å². The summed E-state index contributed by atoms with van der Waals surface area (Å²) in [5.74, 6) is 0.363. The van der Waals surface area contributed by atoms with E-state index in [4.69, 9.17) is 9.47 Å². The molecule has 0 aliphatic rings. The van der Waals surface area contributed by atoms with Gasteiger partial charge >= 0.3 is 0 Å². The highest BCUT2D eigenvalue weighted by molar-refractivity contribution is 7.08. The molecule has 1 aromatic carbocycles. The maximum absolute atomic E-state index is 12.2. The van der Waals surface area contributed by atoms with Gasteiger partial charge in [-0.05, 0) is 5.56 Å². The Balaban J connectivity index is 1.46. The van der Waals surface area contributed by atoms with Crippen molar-refractivity contribution in [1.29, 1.82) is 0 Å². The van der Waals surface area contributed by atoms with Crippen LogP contribution in [0.1, 0.15) is 15.9 Å². The number of rotatable bonds is 8. The number of nitrogens with one attached hydrogen (secondary N) is 1. The molecule has 0 atom stereocenters. The minimum Gasteiger partial charge on any atom is -0.495 e. The maximum atomic E-state index is 12.2. The van der Waals surface area contributed by atoms with Gasteiger partial charge in [0.1, 0.15) is 5.75 Å². The molecule has 7 heteroatoms. The smallest absolute Gasteiger partial charge is 0.260 e. The summed E-state index contributed by atoms with van der Waals surface area (Å²) in [4.78, 5) is 12.2. The molecule has 2 aromatic heterocycles. The zero-order chi connectivity index (χ0) is 17.5. The SMILES string of the molecule is COc1cscc1C(=O)Nc1cnn(CCOCc2ccccc2)c1. The number of hydrogen-bond donors (Lipinski definition) is 1. The third kappa shape index (κ3) is 4.68. The van der Waals surface area contributed by atoms with Crippen molar-refractivity contribution in [3.63, 3.8) is 0 Å². The molecule has 130 valence electrons. The van der Waals surface area contributed by atoms with E-state index in [9.17, 15) is 4.79 Å². The van der Waals surface area contributed by atoms with E-state index >= 15 is 0 Å². The van der Waals surface area contributed by atoms with E-state index in [1.165, 1.54) is 11.3 Å². The normalized spacial score (nSPS) is 10.6. The van der Waals surface area contributed by atoms with E-state index in [-0.39, 0.29) is 5.91 Å². The van der Waals surface area contributed by atoms with Crippen LogP contribution in [-0.2, 0) is 17.9 Å². The van der Waals surface area contributed by atoms with E-state index < -0.39 is 0 Å². The highest BCUT2D eigenvalue weighted by atomic mass is 32.1. The molecular formula is C18H19N3O3S. The number of methoxy groups -OCH3 is 1. The molecule has 0 saturated carbocycles. The van der Waals surface area contributed by atoms with Crippen LogP contribution in [-0.4, -0.2) is 29.4 Å². The lowest BCUT2D eigenvalue weighted by Gasteiger charge is -2.05. The van der Waals surface area contributed by atoms with Gasteiger partial charge in [0.05, 0.1) is 44.3 Å². The van der Waals surface area contributed by atoms with Crippen LogP contribution in [0.3, 0.4) is 0 Å². The molecular weight excluding hydrogens is 338 g/mol. The predicted molar refractivity (Wildman–Crippen MR) is 97.1 cm³/mol. The zero-order valence-electron chi connectivity index (χ0n) is 13.8. The van der Waals surface area contributed by atoms with Gasteiger partial charge in [0.25, 0.3) is 5.91 Å². The van der Waals surface area contributed by atoms with E-state index in [0.29, 0.717) is 36.8 Å². The first kappa shape index (κ1) is 17.2. The number of hydrogen-bond acceptors (Lipinski definition) is 5. The Hall–Kier alpha value is -2.64. The molecule has 0 unspecified atom stereocenters. The van der Waals surface area contributed by atoms with Crippen molar-refractivity contribution in [2.45, 2.75) is 13.2 Å². The van der Waals surface area contributed by atoms with Crippen molar-refractivity contribution in [1.82, 2.24) is 9.78 Å². The first-order valence-electron chi connectivity index (χ1n) is 7.82. The second-order valence-corrected chi connectivity index (χ2v) is 6.08. The van der Waals surface area contributed by atoms with Crippen molar-refractivity contribution >= 4 is 22.9 Å². The molecule has 0 fully saturated rings. The van der Waals surface area contributed by atoms with Crippen molar-refractivity contribution in [2.24, 2.45) is 0 Å². The fraction of sp³-hybridized carbons (Fsp3) is 0.222. The number of carbonyl (C=O) groups is 1. The quantitative estimate of drug-likeness (QED) is 0.627. The lowest BCUT2D eigenvalue weighted by molar-refractivity contribution is 0.102. The number of nitrogens with zero attached hydrogens (tertiary/aromatic N) is 2. The average molecular weight is 357 g/mol. The Labute approximate surface area is 150 Å². The van der Waals surface area contributed by atoms with Crippen molar-refractivity contribution in [3.05, 3.63) is 64.6 Å². The standard InChI is InChI=1S/C18H19N3O3S/c1-23-17-13-25-12-16(17)18(22)20-15-9-19-21(10-15)7-8-24-11-14-5-3-2-4-6-14/h2-6,9-10,12-13H,7-8,11H2,1H3,(H,20,22). The highest BCUT2D eigenvalue weighted by Crippen LogP contribution is 2.24. The van der Waals surface area contributed by atoms with Crippen LogP contribution in [0.25, 0.3) is 0 Å². The molecule has 0 aliphatic heterocycles. The molecule has 0 saturated heterocycles. The summed E-state index contributed by atoms with van der Waals surface area (Å²) in [5, 5.41) is 10.6. The molecule has 0 bridgehead atoms. The van der Waals surface area contributed by atoms with Crippen LogP contribution in [0.5, 0.6) is 5.75 Å². The van der Waals surface area contributed by atoms with Crippen LogP contribution < -0.4 is 10.1 Å². The van der Waals surface area contributed by atoms with Crippen LogP contribution >= 0.6 is 11.3 Å². The Bertz CT molecular complexity index is 814. The lowest BCUT2D eigenvalue weighted by Crippen LogP contribution is -2.11. The summed E-state index contributed by atoms with van der Waals surface area (Å²) in [5.41, 5.74) is 2.30. The van der Waals surface area contributed by atoms with E-state index in [0.717, 1.165) is 5.56 Å². The Kier molecular flexibility index (Phi) is 5.81. The third-order valence-corrected chi connectivity index (χ3v) is 4.28. The topological polar surface area (TPSA) is 65.4 Å². The summed E-state index contributed by atoms with van der Waals surface area (Å²) >= 11 is 1.42. The number of ether oxygens (including phenoxy) is 2. The van der Waals surface area contributed by atoms with Gasteiger partial charge in [-0.25, -0.2) is 0 Å². The van der Waals surface area contributed by atoms with Gasteiger partial charge in [-0.15, -0.1) is 11.3 Å². The lowest BCUT2D eigenvalue weighted by atomic mass is 10.2. The summed E-state index contributed by atoms with van der Waals surface area (Å²) in [6, 6.07) is 10.0. The number of anilines is 1. The minimum atomic E-state index is -0.210. The molecule has 6 nitrogen and oxygen atoms in total. The van der Waals surface area contributed by atoms with Crippen molar-refractivity contribution in [3.8, 4) is 5.75 Å². The molecule has 0 spiro atoms. The summed E-state index contributed by atoms with van der Waals surface area (Å²) in [6.45, 7) is 1.73. The Morgan fingerprint density at radius 1 is 1.28 bits per heavy atom. The van der Waals surface area contributed by atoms with Gasteiger partial charge in [-0.1, -0.05) is 30.3 Å². The van der Waals surface area contributed by atoms with Crippen molar-refractivity contribution < 1.29 is 14.3 Å². The van der Waals surface area contributed by atoms with Crippen LogP contribution in [0, 0.1) is 0 Å². The molecule has 1 amide bonds. The van der Waals surface area contributed by atoms with E-state index in [2.05, 4.69) is 10.4 Å². The maximum Gasteiger partial charge on any atom is 0.260 e. The van der Waals surface area contributed by atoms with Crippen LogP contribution in [0.4, 0.5) is 5.69 Å². The summed E-state index contributed by atoms with van der Waals surface area (Å²) in [7, 11) is 1.55. The Morgan fingerprint density at radius 2 is 2.12 bits per heavy atom. The molecule has 2 heterocycles. The summed E-state index contributed by atoms with van der Waals surface area (Å²) in [6.07, 6.45) is 3.40. The molecule has 0 radical (unpaired) electrons. The molecule has 1 N–H and O–H groups in total. The number of benzene rings is 1. The fourth-order valence-electron chi connectivity index (χ4n) is 2.28. The monoisotopic (exact) mass is 357 g/mol. The van der Waals surface area contributed by atoms with Gasteiger partial charge in [0.2, 0.25) is 0 Å². The number of amides is 1. The average Bonchev–Trinajstić information content (AvgIpc) is 3.28. The molecule has 25 heavy (non-hydrogen) atoms. The highest BCUT2D eigenvalue weighted by Gasteiger charge is 2.14. The predicted octanol–water partition coefficient (Wildman–Crippen LogP) is 3.42. The molecule has 3 aromatic rings. The second kappa shape index (κ2) is 8.46. The van der Waals surface area contributed by atoms with Crippen LogP contribution in [0.2, 0.25) is 0 Å². The zero-order valence-corrected chi connectivity index (χ0v) is 14.7. The van der Waals surface area contributed by atoms with E-state index in [1.807, 2.05) is 30.3 Å². The van der Waals surface area contributed by atoms with E-state index in [1.54, 1.807) is 34.9 Å². The first-order chi connectivity index (χ1) is 12.3. The van der Waals surface area contributed by atoms with Gasteiger partial charge in [-0.2, -0.15) is 5.10 Å². The second-order valence-electron chi connectivity index (χ2n) is 5.34. The largest absolute Gasteiger partial charge is 0.495 e. The van der Waals surface area contributed by atoms with Crippen molar-refractivity contribution in [2.75, 3.05) is 19.0 Å². The minimum absolute atomic E-state index is 0.210. The third-order valence-electron chi connectivity index (χ3n) is 3.56. The fourth-order valence-corrected chi connectivity index (χ4v) is 3.05.